The number of ether oxygens (including phenoxy) is 1. The molecule has 0 bridgehead atoms. The summed E-state index contributed by atoms with van der Waals surface area (Å²) in [6.45, 7) is 3.63. The number of anilines is 2. The summed E-state index contributed by atoms with van der Waals surface area (Å²) in [5.41, 5.74) is 2.86. The van der Waals surface area contributed by atoms with E-state index in [1.165, 1.54) is 7.11 Å². The molecule has 1 heterocycles. The molecule has 0 saturated carbocycles. The number of methoxy groups -OCH3 is 1. The molecule has 0 aliphatic heterocycles. The summed E-state index contributed by atoms with van der Waals surface area (Å²) in [6, 6.07) is 6.74. The average molecular weight is 273 g/mol. The molecule has 2 rings (SSSR count). The zero-order chi connectivity index (χ0) is 14.7. The molecule has 6 heteroatoms. The largest absolute Gasteiger partial charge is 0.465 e. The first-order valence-corrected chi connectivity index (χ1v) is 6.03. The Morgan fingerprint density at radius 2 is 2.00 bits per heavy atom. The Morgan fingerprint density at radius 1 is 1.25 bits per heavy atom. The second kappa shape index (κ2) is 5.56. The molecule has 6 nitrogen and oxygen atoms in total. The number of rotatable bonds is 3. The van der Waals surface area contributed by atoms with Gasteiger partial charge in [-0.3, -0.25) is 4.79 Å². The maximum Gasteiger partial charge on any atom is 0.337 e. The van der Waals surface area contributed by atoms with Crippen molar-refractivity contribution in [1.29, 1.82) is 0 Å². The first-order chi connectivity index (χ1) is 9.51. The van der Waals surface area contributed by atoms with Crippen LogP contribution in [0.4, 0.5) is 11.4 Å². The summed E-state index contributed by atoms with van der Waals surface area (Å²) in [4.78, 5) is 23.1. The van der Waals surface area contributed by atoms with Crippen LogP contribution in [-0.4, -0.2) is 23.3 Å². The van der Waals surface area contributed by atoms with Crippen molar-refractivity contribution < 1.29 is 9.53 Å². The molecule has 2 aromatic rings. The summed E-state index contributed by atoms with van der Waals surface area (Å²) >= 11 is 0. The van der Waals surface area contributed by atoms with Crippen LogP contribution in [0.5, 0.6) is 0 Å². The highest BCUT2D eigenvalue weighted by Crippen LogP contribution is 2.20. The first-order valence-electron chi connectivity index (χ1n) is 6.03. The maximum absolute atomic E-state index is 11.7. The van der Waals surface area contributed by atoms with Crippen LogP contribution in [0.2, 0.25) is 0 Å². The molecule has 0 aliphatic carbocycles. The monoisotopic (exact) mass is 273 g/mol. The molecule has 0 radical (unpaired) electrons. The van der Waals surface area contributed by atoms with Crippen LogP contribution in [0.25, 0.3) is 0 Å². The number of aromatic nitrogens is 2. The summed E-state index contributed by atoms with van der Waals surface area (Å²) in [6.07, 6.45) is 0. The van der Waals surface area contributed by atoms with E-state index in [4.69, 9.17) is 0 Å². The van der Waals surface area contributed by atoms with Crippen molar-refractivity contribution in [3.05, 3.63) is 51.4 Å². The number of H-pyrrole nitrogens is 1. The van der Waals surface area contributed by atoms with Gasteiger partial charge < -0.3 is 10.1 Å². The molecule has 0 amide bonds. The summed E-state index contributed by atoms with van der Waals surface area (Å²) in [5, 5.41) is 9.25. The fourth-order valence-electron chi connectivity index (χ4n) is 1.79. The normalized spacial score (nSPS) is 10.2. The number of hydrogen-bond donors (Lipinski definition) is 2. The number of esters is 1. The highest BCUT2D eigenvalue weighted by atomic mass is 16.5. The number of carbonyl (C=O) groups is 1. The van der Waals surface area contributed by atoms with Crippen molar-refractivity contribution in [3.8, 4) is 0 Å². The minimum Gasteiger partial charge on any atom is -0.465 e. The molecule has 20 heavy (non-hydrogen) atoms. The van der Waals surface area contributed by atoms with Gasteiger partial charge in [-0.05, 0) is 43.7 Å². The van der Waals surface area contributed by atoms with Gasteiger partial charge in [-0.15, -0.1) is 0 Å². The van der Waals surface area contributed by atoms with Gasteiger partial charge >= 0.3 is 5.97 Å². The second-order valence-electron chi connectivity index (χ2n) is 4.40. The molecule has 0 aliphatic rings. The smallest absolute Gasteiger partial charge is 0.337 e. The predicted molar refractivity (Wildman–Crippen MR) is 75.4 cm³/mol. The van der Waals surface area contributed by atoms with Gasteiger partial charge in [0.2, 0.25) is 0 Å². The van der Waals surface area contributed by atoms with Gasteiger partial charge in [-0.2, -0.15) is 5.10 Å². The zero-order valence-electron chi connectivity index (χ0n) is 11.5. The fraction of sp³-hybridized carbons (Fsp3) is 0.214. The Labute approximate surface area is 115 Å². The lowest BCUT2D eigenvalue weighted by Gasteiger charge is -2.10. The second-order valence-corrected chi connectivity index (χ2v) is 4.40. The van der Waals surface area contributed by atoms with Gasteiger partial charge in [0, 0.05) is 5.69 Å². The van der Waals surface area contributed by atoms with E-state index >= 15 is 0 Å². The molecule has 1 aromatic heterocycles. The van der Waals surface area contributed by atoms with E-state index in [-0.39, 0.29) is 5.56 Å². The third-order valence-corrected chi connectivity index (χ3v) is 2.85. The quantitative estimate of drug-likeness (QED) is 0.835. The van der Waals surface area contributed by atoms with Crippen molar-refractivity contribution in [2.75, 3.05) is 12.4 Å². The topological polar surface area (TPSA) is 84.1 Å². The van der Waals surface area contributed by atoms with E-state index < -0.39 is 5.97 Å². The Kier molecular flexibility index (Phi) is 3.84. The summed E-state index contributed by atoms with van der Waals surface area (Å²) < 4.78 is 4.66. The van der Waals surface area contributed by atoms with E-state index in [1.807, 2.05) is 6.92 Å². The zero-order valence-corrected chi connectivity index (χ0v) is 11.5. The van der Waals surface area contributed by atoms with Gasteiger partial charge in [-0.1, -0.05) is 0 Å². The lowest BCUT2D eigenvalue weighted by atomic mass is 10.1. The van der Waals surface area contributed by atoms with Crippen LogP contribution in [0.3, 0.4) is 0 Å². The SMILES string of the molecule is COC(=O)c1ccc(Nc2cc(C)n[nH]c2=O)c(C)c1. The predicted octanol–water partition coefficient (Wildman–Crippen LogP) is 1.92. The van der Waals surface area contributed by atoms with E-state index in [9.17, 15) is 9.59 Å². The molecule has 0 saturated heterocycles. The highest BCUT2D eigenvalue weighted by molar-refractivity contribution is 5.90. The lowest BCUT2D eigenvalue weighted by molar-refractivity contribution is 0.0600. The Morgan fingerprint density at radius 3 is 2.65 bits per heavy atom. The Bertz CT molecular complexity index is 707. The van der Waals surface area contributed by atoms with Gasteiger partial charge in [0.25, 0.3) is 5.56 Å². The average Bonchev–Trinajstić information content (AvgIpc) is 2.44. The van der Waals surface area contributed by atoms with Crippen molar-refractivity contribution in [3.63, 3.8) is 0 Å². The lowest BCUT2D eigenvalue weighted by Crippen LogP contribution is -2.14. The number of aromatic amines is 1. The Balaban J connectivity index is 2.33. The minimum absolute atomic E-state index is 0.299. The number of hydrogen-bond acceptors (Lipinski definition) is 5. The number of benzene rings is 1. The van der Waals surface area contributed by atoms with Crippen molar-refractivity contribution in [2.24, 2.45) is 0 Å². The molecule has 0 spiro atoms. The molecule has 0 unspecified atom stereocenters. The van der Waals surface area contributed by atoms with Crippen LogP contribution < -0.4 is 10.9 Å². The van der Waals surface area contributed by atoms with Gasteiger partial charge in [0.15, 0.2) is 0 Å². The van der Waals surface area contributed by atoms with E-state index in [2.05, 4.69) is 20.3 Å². The minimum atomic E-state index is -0.391. The first kappa shape index (κ1) is 13.8. The number of aryl methyl sites for hydroxylation is 2. The van der Waals surface area contributed by atoms with Gasteiger partial charge in [0.1, 0.15) is 5.69 Å². The fourth-order valence-corrected chi connectivity index (χ4v) is 1.79. The number of nitrogens with one attached hydrogen (secondary N) is 2. The molecule has 0 atom stereocenters. The molecule has 2 N–H and O–H groups in total. The maximum atomic E-state index is 11.7. The van der Waals surface area contributed by atoms with E-state index in [1.54, 1.807) is 31.2 Å². The number of nitrogens with zero attached hydrogens (tertiary/aromatic N) is 1. The van der Waals surface area contributed by atoms with Crippen molar-refractivity contribution in [1.82, 2.24) is 10.2 Å². The third-order valence-electron chi connectivity index (χ3n) is 2.85. The van der Waals surface area contributed by atoms with Crippen molar-refractivity contribution in [2.45, 2.75) is 13.8 Å². The van der Waals surface area contributed by atoms with E-state index in [0.717, 1.165) is 11.3 Å². The van der Waals surface area contributed by atoms with Gasteiger partial charge in [-0.25, -0.2) is 9.89 Å². The van der Waals surface area contributed by atoms with Crippen LogP contribution in [0.1, 0.15) is 21.6 Å². The van der Waals surface area contributed by atoms with Crippen LogP contribution >= 0.6 is 0 Å². The van der Waals surface area contributed by atoms with E-state index in [0.29, 0.717) is 16.9 Å². The van der Waals surface area contributed by atoms with Crippen LogP contribution in [0.15, 0.2) is 29.1 Å². The third kappa shape index (κ3) is 2.85. The van der Waals surface area contributed by atoms with Crippen LogP contribution in [-0.2, 0) is 4.74 Å². The molecule has 1 aromatic carbocycles. The number of carbonyl (C=O) groups excluding carboxylic acids is 1. The molecule has 104 valence electrons. The molecule has 0 fully saturated rings. The standard InChI is InChI=1S/C14H15N3O3/c1-8-6-10(14(19)20-3)4-5-11(8)15-12-7-9(2)16-17-13(12)18/h4-7H,1-3H3,(H,15,16)(H,17,18). The summed E-state index contributed by atoms with van der Waals surface area (Å²) in [5.74, 6) is -0.391. The molecular weight excluding hydrogens is 258 g/mol. The molecular formula is C14H15N3O3. The van der Waals surface area contributed by atoms with Crippen molar-refractivity contribution >= 4 is 17.3 Å². The Hall–Kier alpha value is -2.63. The van der Waals surface area contributed by atoms with Gasteiger partial charge in [0.05, 0.1) is 18.4 Å². The summed E-state index contributed by atoms with van der Waals surface area (Å²) in [7, 11) is 1.34. The van der Waals surface area contributed by atoms with Crippen LogP contribution in [0, 0.1) is 13.8 Å². The highest BCUT2D eigenvalue weighted by Gasteiger charge is 2.09.